The molecule has 1 aliphatic rings. The van der Waals surface area contributed by atoms with Crippen LogP contribution in [0.5, 0.6) is 0 Å². The van der Waals surface area contributed by atoms with Crippen molar-refractivity contribution in [1.29, 1.82) is 0 Å². The third-order valence-corrected chi connectivity index (χ3v) is 5.11. The highest BCUT2D eigenvalue weighted by Gasteiger charge is 2.40. The van der Waals surface area contributed by atoms with Gasteiger partial charge in [-0.25, -0.2) is 0 Å². The van der Waals surface area contributed by atoms with Crippen molar-refractivity contribution < 1.29 is 4.74 Å². The Balaban J connectivity index is 2.78. The molecule has 1 atom stereocenters. The van der Waals surface area contributed by atoms with Crippen LogP contribution in [-0.4, -0.2) is 67.3 Å². The van der Waals surface area contributed by atoms with E-state index >= 15 is 0 Å². The predicted octanol–water partition coefficient (Wildman–Crippen LogP) is 1.94. The first-order chi connectivity index (χ1) is 9.50. The fraction of sp³-hybridized carbons (Fsp3) is 1.00. The standard InChI is InChI=1S/C16H35N3O/c1-6-15(4)19(11-12-20-5)16(13-17)7-9-18(10-8-16)14(2)3/h14-15H,6-13,17H2,1-5H3. The molecular formula is C16H35N3O. The number of methoxy groups -OCH3 is 1. The molecule has 1 aliphatic heterocycles. The van der Waals surface area contributed by atoms with Crippen molar-refractivity contribution in [2.24, 2.45) is 5.73 Å². The molecule has 2 N–H and O–H groups in total. The lowest BCUT2D eigenvalue weighted by molar-refractivity contribution is -0.0193. The van der Waals surface area contributed by atoms with E-state index in [1.165, 1.54) is 19.3 Å². The van der Waals surface area contributed by atoms with E-state index in [4.69, 9.17) is 10.5 Å². The molecular weight excluding hydrogens is 250 g/mol. The van der Waals surface area contributed by atoms with Gasteiger partial charge in [0.05, 0.1) is 6.61 Å². The van der Waals surface area contributed by atoms with Crippen LogP contribution in [0.1, 0.15) is 47.0 Å². The molecule has 1 unspecified atom stereocenters. The van der Waals surface area contributed by atoms with Gasteiger partial charge in [-0.2, -0.15) is 0 Å². The van der Waals surface area contributed by atoms with Crippen LogP contribution in [0.2, 0.25) is 0 Å². The van der Waals surface area contributed by atoms with Gasteiger partial charge in [-0.05, 0) is 40.0 Å². The van der Waals surface area contributed by atoms with E-state index in [9.17, 15) is 0 Å². The summed E-state index contributed by atoms with van der Waals surface area (Å²) in [5.74, 6) is 0. The molecule has 0 amide bonds. The molecule has 20 heavy (non-hydrogen) atoms. The number of hydrogen-bond acceptors (Lipinski definition) is 4. The minimum atomic E-state index is 0.166. The van der Waals surface area contributed by atoms with Gasteiger partial charge >= 0.3 is 0 Å². The van der Waals surface area contributed by atoms with Crippen LogP contribution in [-0.2, 0) is 4.74 Å². The van der Waals surface area contributed by atoms with E-state index in [2.05, 4.69) is 37.5 Å². The fourth-order valence-corrected chi connectivity index (χ4v) is 3.40. The van der Waals surface area contributed by atoms with Crippen LogP contribution in [0, 0.1) is 0 Å². The monoisotopic (exact) mass is 285 g/mol. The Bertz CT molecular complexity index is 262. The number of ether oxygens (including phenoxy) is 1. The minimum absolute atomic E-state index is 0.166. The molecule has 0 saturated carbocycles. The largest absolute Gasteiger partial charge is 0.383 e. The minimum Gasteiger partial charge on any atom is -0.383 e. The van der Waals surface area contributed by atoms with Crippen molar-refractivity contribution in [2.75, 3.05) is 39.9 Å². The number of rotatable bonds is 8. The van der Waals surface area contributed by atoms with Crippen molar-refractivity contribution >= 4 is 0 Å². The number of nitrogens with two attached hydrogens (primary N) is 1. The summed E-state index contributed by atoms with van der Waals surface area (Å²) in [5.41, 5.74) is 6.39. The lowest BCUT2D eigenvalue weighted by Gasteiger charge is -2.51. The van der Waals surface area contributed by atoms with Gasteiger partial charge in [0.2, 0.25) is 0 Å². The lowest BCUT2D eigenvalue weighted by atomic mass is 9.83. The van der Waals surface area contributed by atoms with Crippen molar-refractivity contribution in [1.82, 2.24) is 9.80 Å². The number of likely N-dealkylation sites (tertiary alicyclic amines) is 1. The van der Waals surface area contributed by atoms with E-state index < -0.39 is 0 Å². The SMILES string of the molecule is CCC(C)N(CCOC)C1(CN)CCN(C(C)C)CC1. The van der Waals surface area contributed by atoms with Gasteiger partial charge in [0.1, 0.15) is 0 Å². The van der Waals surface area contributed by atoms with Gasteiger partial charge in [-0.3, -0.25) is 4.90 Å². The molecule has 0 radical (unpaired) electrons. The second kappa shape index (κ2) is 8.32. The molecule has 1 fully saturated rings. The molecule has 0 aromatic carbocycles. The van der Waals surface area contributed by atoms with E-state index in [1.54, 1.807) is 7.11 Å². The Hall–Kier alpha value is -0.160. The Morgan fingerprint density at radius 3 is 2.25 bits per heavy atom. The average molecular weight is 285 g/mol. The van der Waals surface area contributed by atoms with Crippen LogP contribution in [0.3, 0.4) is 0 Å². The summed E-state index contributed by atoms with van der Waals surface area (Å²) in [6.45, 7) is 14.0. The topological polar surface area (TPSA) is 41.7 Å². The summed E-state index contributed by atoms with van der Waals surface area (Å²) in [5, 5.41) is 0. The van der Waals surface area contributed by atoms with Gasteiger partial charge in [0.15, 0.2) is 0 Å². The Labute approximate surface area is 125 Å². The molecule has 4 nitrogen and oxygen atoms in total. The van der Waals surface area contributed by atoms with Gasteiger partial charge in [0, 0.05) is 50.9 Å². The van der Waals surface area contributed by atoms with Crippen molar-refractivity contribution in [3.05, 3.63) is 0 Å². The molecule has 4 heteroatoms. The zero-order valence-electron chi connectivity index (χ0n) is 14.2. The van der Waals surface area contributed by atoms with Crippen LogP contribution in [0.25, 0.3) is 0 Å². The first-order valence-electron chi connectivity index (χ1n) is 8.20. The molecule has 0 bridgehead atoms. The Kier molecular flexibility index (Phi) is 7.45. The molecule has 0 spiro atoms. The second-order valence-corrected chi connectivity index (χ2v) is 6.50. The summed E-state index contributed by atoms with van der Waals surface area (Å²) >= 11 is 0. The highest BCUT2D eigenvalue weighted by atomic mass is 16.5. The van der Waals surface area contributed by atoms with Crippen LogP contribution >= 0.6 is 0 Å². The molecule has 0 aromatic rings. The van der Waals surface area contributed by atoms with Gasteiger partial charge in [0.25, 0.3) is 0 Å². The van der Waals surface area contributed by atoms with Gasteiger partial charge < -0.3 is 15.4 Å². The molecule has 120 valence electrons. The second-order valence-electron chi connectivity index (χ2n) is 6.50. The number of nitrogens with zero attached hydrogens (tertiary/aromatic N) is 2. The molecule has 1 rings (SSSR count). The van der Waals surface area contributed by atoms with E-state index in [-0.39, 0.29) is 5.54 Å². The maximum atomic E-state index is 6.22. The highest BCUT2D eigenvalue weighted by Crippen LogP contribution is 2.31. The Morgan fingerprint density at radius 1 is 1.25 bits per heavy atom. The summed E-state index contributed by atoms with van der Waals surface area (Å²) in [6, 6.07) is 1.21. The van der Waals surface area contributed by atoms with Crippen molar-refractivity contribution in [2.45, 2.75) is 64.6 Å². The zero-order valence-corrected chi connectivity index (χ0v) is 14.2. The maximum absolute atomic E-state index is 6.22. The maximum Gasteiger partial charge on any atom is 0.0590 e. The third-order valence-electron chi connectivity index (χ3n) is 5.11. The van der Waals surface area contributed by atoms with Crippen molar-refractivity contribution in [3.8, 4) is 0 Å². The normalized spacial score (nSPS) is 21.6. The van der Waals surface area contributed by atoms with Crippen LogP contribution < -0.4 is 5.73 Å². The molecule has 0 aliphatic carbocycles. The van der Waals surface area contributed by atoms with E-state index in [0.29, 0.717) is 12.1 Å². The summed E-state index contributed by atoms with van der Waals surface area (Å²) in [6.07, 6.45) is 3.52. The third kappa shape index (κ3) is 4.17. The summed E-state index contributed by atoms with van der Waals surface area (Å²) in [4.78, 5) is 5.19. The van der Waals surface area contributed by atoms with Crippen molar-refractivity contribution in [3.63, 3.8) is 0 Å². The first-order valence-corrected chi connectivity index (χ1v) is 8.20. The average Bonchev–Trinajstić information content (AvgIpc) is 2.47. The lowest BCUT2D eigenvalue weighted by Crippen LogP contribution is -2.62. The number of hydrogen-bond donors (Lipinski definition) is 1. The van der Waals surface area contributed by atoms with E-state index in [1.807, 2.05) is 0 Å². The predicted molar refractivity (Wildman–Crippen MR) is 86.1 cm³/mol. The quantitative estimate of drug-likeness (QED) is 0.740. The van der Waals surface area contributed by atoms with Gasteiger partial charge in [-0.15, -0.1) is 0 Å². The first kappa shape index (κ1) is 17.9. The zero-order chi connectivity index (χ0) is 15.2. The van der Waals surface area contributed by atoms with E-state index in [0.717, 1.165) is 32.8 Å². The van der Waals surface area contributed by atoms with Crippen LogP contribution in [0.4, 0.5) is 0 Å². The Morgan fingerprint density at radius 2 is 1.85 bits per heavy atom. The molecule has 0 aromatic heterocycles. The molecule has 1 saturated heterocycles. The summed E-state index contributed by atoms with van der Waals surface area (Å²) < 4.78 is 5.31. The smallest absolute Gasteiger partial charge is 0.0590 e. The molecule has 1 heterocycles. The fourth-order valence-electron chi connectivity index (χ4n) is 3.40. The number of piperidine rings is 1. The summed E-state index contributed by atoms with van der Waals surface area (Å²) in [7, 11) is 1.78. The highest BCUT2D eigenvalue weighted by molar-refractivity contribution is 4.98. The van der Waals surface area contributed by atoms with Crippen LogP contribution in [0.15, 0.2) is 0 Å². The van der Waals surface area contributed by atoms with Gasteiger partial charge in [-0.1, -0.05) is 6.92 Å².